The van der Waals surface area contributed by atoms with Crippen molar-refractivity contribution >= 4 is 23.3 Å². The second-order valence-corrected chi connectivity index (χ2v) is 5.90. The maximum absolute atomic E-state index is 12.1. The van der Waals surface area contributed by atoms with Crippen LogP contribution in [0.2, 0.25) is 0 Å². The molecule has 2 N–H and O–H groups in total. The van der Waals surface area contributed by atoms with Gasteiger partial charge in [-0.25, -0.2) is 9.97 Å². The van der Waals surface area contributed by atoms with Crippen LogP contribution in [0.25, 0.3) is 0 Å². The van der Waals surface area contributed by atoms with E-state index < -0.39 is 0 Å². The van der Waals surface area contributed by atoms with E-state index in [9.17, 15) is 9.59 Å². The molecule has 3 rings (SSSR count). The fraction of sp³-hybridized carbons (Fsp3) is 0.333. The highest BCUT2D eigenvalue weighted by atomic mass is 16.5. The molecule has 0 saturated carbocycles. The van der Waals surface area contributed by atoms with E-state index >= 15 is 0 Å². The molecule has 0 aliphatic carbocycles. The van der Waals surface area contributed by atoms with Crippen molar-refractivity contribution in [2.75, 3.05) is 18.5 Å². The predicted octanol–water partition coefficient (Wildman–Crippen LogP) is 2.33. The normalized spacial score (nSPS) is 16.4. The summed E-state index contributed by atoms with van der Waals surface area (Å²) in [6.45, 7) is 2.78. The predicted molar refractivity (Wildman–Crippen MR) is 93.1 cm³/mol. The number of ketones is 1. The summed E-state index contributed by atoms with van der Waals surface area (Å²) in [5.41, 5.74) is 1.81. The number of Topliss-reactive ketones (excluding diaryl/α,β-unsaturated/α-hetero) is 1. The van der Waals surface area contributed by atoms with Crippen LogP contribution in [0.15, 0.2) is 36.7 Å². The number of nitrogens with one attached hydrogen (secondary N) is 2. The SMILES string of the molecule is CC(=O)c1ccc(Nc2ncc(C(=O)NCC3CCCO3)cn2)cc1. The van der Waals surface area contributed by atoms with Crippen molar-refractivity contribution in [1.29, 1.82) is 0 Å². The summed E-state index contributed by atoms with van der Waals surface area (Å²) in [5, 5.41) is 5.86. The molecule has 7 nitrogen and oxygen atoms in total. The van der Waals surface area contributed by atoms with Crippen molar-refractivity contribution in [2.24, 2.45) is 0 Å². The zero-order valence-electron chi connectivity index (χ0n) is 14.0. The Bertz CT molecular complexity index is 738. The Balaban J connectivity index is 1.55. The van der Waals surface area contributed by atoms with Gasteiger partial charge in [0, 0.05) is 36.8 Å². The Morgan fingerprint density at radius 2 is 1.88 bits per heavy atom. The number of aromatic nitrogens is 2. The maximum atomic E-state index is 12.1. The Labute approximate surface area is 145 Å². The van der Waals surface area contributed by atoms with Crippen molar-refractivity contribution < 1.29 is 14.3 Å². The van der Waals surface area contributed by atoms with Gasteiger partial charge in [-0.15, -0.1) is 0 Å². The van der Waals surface area contributed by atoms with E-state index in [2.05, 4.69) is 20.6 Å². The number of amides is 1. The Morgan fingerprint density at radius 1 is 1.16 bits per heavy atom. The second-order valence-electron chi connectivity index (χ2n) is 5.90. The van der Waals surface area contributed by atoms with Gasteiger partial charge in [-0.1, -0.05) is 0 Å². The number of hydrogen-bond acceptors (Lipinski definition) is 6. The van der Waals surface area contributed by atoms with Crippen molar-refractivity contribution in [3.63, 3.8) is 0 Å². The topological polar surface area (TPSA) is 93.2 Å². The molecular formula is C18H20N4O3. The third-order valence-electron chi connectivity index (χ3n) is 3.98. The Morgan fingerprint density at radius 3 is 2.48 bits per heavy atom. The van der Waals surface area contributed by atoms with Crippen molar-refractivity contribution in [2.45, 2.75) is 25.9 Å². The summed E-state index contributed by atoms with van der Waals surface area (Å²) in [5.74, 6) is 0.181. The molecule has 130 valence electrons. The number of nitrogens with zero attached hydrogens (tertiary/aromatic N) is 2. The molecule has 1 amide bonds. The van der Waals surface area contributed by atoms with Gasteiger partial charge >= 0.3 is 0 Å². The number of rotatable bonds is 6. The number of anilines is 2. The molecule has 1 atom stereocenters. The average Bonchev–Trinajstić information content (AvgIpc) is 3.14. The largest absolute Gasteiger partial charge is 0.376 e. The van der Waals surface area contributed by atoms with Crippen molar-refractivity contribution in [3.05, 3.63) is 47.8 Å². The summed E-state index contributed by atoms with van der Waals surface area (Å²) in [7, 11) is 0. The molecular weight excluding hydrogens is 320 g/mol. The van der Waals surface area contributed by atoms with Crippen molar-refractivity contribution in [3.8, 4) is 0 Å². The molecule has 1 unspecified atom stereocenters. The Kier molecular flexibility index (Phi) is 5.35. The fourth-order valence-electron chi connectivity index (χ4n) is 2.54. The maximum Gasteiger partial charge on any atom is 0.254 e. The van der Waals surface area contributed by atoms with Crippen LogP contribution < -0.4 is 10.6 Å². The first-order valence-corrected chi connectivity index (χ1v) is 8.22. The summed E-state index contributed by atoms with van der Waals surface area (Å²) in [4.78, 5) is 31.6. The highest BCUT2D eigenvalue weighted by Gasteiger charge is 2.17. The third kappa shape index (κ3) is 4.60. The molecule has 1 fully saturated rings. The first-order valence-electron chi connectivity index (χ1n) is 8.22. The summed E-state index contributed by atoms with van der Waals surface area (Å²) < 4.78 is 5.47. The lowest BCUT2D eigenvalue weighted by Crippen LogP contribution is -2.31. The van der Waals surface area contributed by atoms with Crippen LogP contribution >= 0.6 is 0 Å². The lowest BCUT2D eigenvalue weighted by molar-refractivity contribution is 0.0857. The molecule has 1 aromatic heterocycles. The minimum absolute atomic E-state index is 0.0150. The third-order valence-corrected chi connectivity index (χ3v) is 3.98. The highest BCUT2D eigenvalue weighted by molar-refractivity contribution is 5.94. The number of carbonyl (C=O) groups is 2. The van der Waals surface area contributed by atoms with Crippen LogP contribution in [0.3, 0.4) is 0 Å². The number of hydrogen-bond donors (Lipinski definition) is 2. The summed E-state index contributed by atoms with van der Waals surface area (Å²) in [6, 6.07) is 7.03. The van der Waals surface area contributed by atoms with Gasteiger partial charge in [-0.3, -0.25) is 9.59 Å². The molecule has 2 aromatic rings. The van der Waals surface area contributed by atoms with Crippen LogP contribution in [-0.4, -0.2) is 40.9 Å². The van der Waals surface area contributed by atoms with Gasteiger partial charge in [-0.2, -0.15) is 0 Å². The van der Waals surface area contributed by atoms with E-state index in [1.807, 2.05) is 0 Å². The van der Waals surface area contributed by atoms with Crippen LogP contribution in [-0.2, 0) is 4.74 Å². The second kappa shape index (κ2) is 7.85. The molecule has 1 aliphatic rings. The molecule has 1 saturated heterocycles. The van der Waals surface area contributed by atoms with Gasteiger partial charge in [0.2, 0.25) is 5.95 Å². The van der Waals surface area contributed by atoms with E-state index in [0.29, 0.717) is 23.6 Å². The van der Waals surface area contributed by atoms with Gasteiger partial charge in [0.1, 0.15) is 0 Å². The van der Waals surface area contributed by atoms with Crippen molar-refractivity contribution in [1.82, 2.24) is 15.3 Å². The molecule has 0 spiro atoms. The quantitative estimate of drug-likeness (QED) is 0.784. The zero-order chi connectivity index (χ0) is 17.6. The molecule has 1 aliphatic heterocycles. The van der Waals surface area contributed by atoms with E-state index in [1.165, 1.54) is 19.3 Å². The number of ether oxygens (including phenoxy) is 1. The van der Waals surface area contributed by atoms with E-state index in [-0.39, 0.29) is 17.8 Å². The molecule has 0 radical (unpaired) electrons. The molecule has 1 aromatic carbocycles. The molecule has 0 bridgehead atoms. The minimum Gasteiger partial charge on any atom is -0.376 e. The monoisotopic (exact) mass is 340 g/mol. The zero-order valence-corrected chi connectivity index (χ0v) is 14.0. The van der Waals surface area contributed by atoms with Gasteiger partial charge < -0.3 is 15.4 Å². The molecule has 7 heteroatoms. The van der Waals surface area contributed by atoms with Crippen LogP contribution in [0.4, 0.5) is 11.6 Å². The van der Waals surface area contributed by atoms with E-state index in [0.717, 1.165) is 25.1 Å². The summed E-state index contributed by atoms with van der Waals surface area (Å²) in [6.07, 6.45) is 5.07. The first kappa shape index (κ1) is 17.0. The lowest BCUT2D eigenvalue weighted by Gasteiger charge is -2.10. The fourth-order valence-corrected chi connectivity index (χ4v) is 2.54. The smallest absolute Gasteiger partial charge is 0.254 e. The van der Waals surface area contributed by atoms with Crippen LogP contribution in [0, 0.1) is 0 Å². The highest BCUT2D eigenvalue weighted by Crippen LogP contribution is 2.14. The number of benzene rings is 1. The van der Waals surface area contributed by atoms with Crippen LogP contribution in [0.5, 0.6) is 0 Å². The molecule has 25 heavy (non-hydrogen) atoms. The van der Waals surface area contributed by atoms with Gasteiger partial charge in [0.25, 0.3) is 5.91 Å². The van der Waals surface area contributed by atoms with Gasteiger partial charge in [0.15, 0.2) is 5.78 Å². The van der Waals surface area contributed by atoms with E-state index in [4.69, 9.17) is 4.74 Å². The first-order chi connectivity index (χ1) is 12.1. The Hall–Kier alpha value is -2.80. The summed E-state index contributed by atoms with van der Waals surface area (Å²) >= 11 is 0. The standard InChI is InChI=1S/C18H20N4O3/c1-12(23)13-4-6-15(7-5-13)22-18-20-9-14(10-21-18)17(24)19-11-16-3-2-8-25-16/h4-7,9-10,16H,2-3,8,11H2,1H3,(H,19,24)(H,20,21,22). The van der Waals surface area contributed by atoms with Gasteiger partial charge in [0.05, 0.1) is 11.7 Å². The van der Waals surface area contributed by atoms with Crippen LogP contribution in [0.1, 0.15) is 40.5 Å². The molecule has 2 heterocycles. The number of carbonyl (C=O) groups excluding carboxylic acids is 2. The average molecular weight is 340 g/mol. The van der Waals surface area contributed by atoms with Gasteiger partial charge in [-0.05, 0) is 44.0 Å². The lowest BCUT2D eigenvalue weighted by atomic mass is 10.1. The van der Waals surface area contributed by atoms with E-state index in [1.54, 1.807) is 24.3 Å². The minimum atomic E-state index is -0.215.